The minimum atomic E-state index is -3.53. The molecule has 2 aromatic rings. The molecule has 2 aromatic carbocycles. The van der Waals surface area contributed by atoms with Crippen molar-refractivity contribution in [2.75, 3.05) is 44.4 Å². The van der Waals surface area contributed by atoms with Crippen molar-refractivity contribution in [3.05, 3.63) is 48.3 Å². The molecule has 0 unspecified atom stereocenters. The maximum atomic E-state index is 13.5. The Balaban J connectivity index is 2.09. The van der Waals surface area contributed by atoms with Gasteiger partial charge < -0.3 is 15.4 Å². The van der Waals surface area contributed by atoms with E-state index in [9.17, 15) is 12.8 Å². The second kappa shape index (κ2) is 8.86. The lowest BCUT2D eigenvalue weighted by Crippen LogP contribution is -2.22. The molecule has 0 aliphatic heterocycles. The smallest absolute Gasteiger partial charge is 0.242 e. The first-order chi connectivity index (χ1) is 12.4. The second-order valence-electron chi connectivity index (χ2n) is 5.73. The lowest BCUT2D eigenvalue weighted by atomic mass is 10.2. The Hall–Kier alpha value is -2.32. The van der Waals surface area contributed by atoms with Crippen LogP contribution in [0.15, 0.2) is 47.4 Å². The van der Waals surface area contributed by atoms with E-state index in [-0.39, 0.29) is 17.3 Å². The van der Waals surface area contributed by atoms with Gasteiger partial charge in [0.1, 0.15) is 6.61 Å². The molecule has 0 atom stereocenters. The lowest BCUT2D eigenvalue weighted by Gasteiger charge is -2.17. The van der Waals surface area contributed by atoms with Gasteiger partial charge in [-0.05, 0) is 37.3 Å². The average molecular weight is 381 g/mol. The molecule has 0 aliphatic rings. The van der Waals surface area contributed by atoms with Gasteiger partial charge in [-0.3, -0.25) is 0 Å². The number of sulfonamides is 1. The molecular weight excluding hydrogens is 357 g/mol. The number of anilines is 2. The van der Waals surface area contributed by atoms with Gasteiger partial charge in [0.25, 0.3) is 0 Å². The lowest BCUT2D eigenvalue weighted by molar-refractivity contribution is 0.315. The first-order valence-corrected chi connectivity index (χ1v) is 9.72. The van der Waals surface area contributed by atoms with Crippen LogP contribution in [0.2, 0.25) is 0 Å². The van der Waals surface area contributed by atoms with E-state index < -0.39 is 15.8 Å². The first-order valence-electron chi connectivity index (χ1n) is 8.28. The van der Waals surface area contributed by atoms with Crippen molar-refractivity contribution in [2.24, 2.45) is 0 Å². The third-order valence-corrected chi connectivity index (χ3v) is 5.46. The van der Waals surface area contributed by atoms with Crippen LogP contribution in [0.1, 0.15) is 6.92 Å². The van der Waals surface area contributed by atoms with Gasteiger partial charge >= 0.3 is 0 Å². The van der Waals surface area contributed by atoms with Gasteiger partial charge in [0.2, 0.25) is 10.0 Å². The molecule has 0 spiro atoms. The van der Waals surface area contributed by atoms with E-state index in [1.165, 1.54) is 24.5 Å². The Morgan fingerprint density at radius 3 is 2.46 bits per heavy atom. The van der Waals surface area contributed by atoms with Crippen molar-refractivity contribution in [1.29, 1.82) is 0 Å². The molecule has 0 amide bonds. The molecule has 6 nitrogen and oxygen atoms in total. The van der Waals surface area contributed by atoms with Crippen molar-refractivity contribution in [3.8, 4) is 5.75 Å². The number of benzene rings is 2. The summed E-state index contributed by atoms with van der Waals surface area (Å²) in [4.78, 5) is 0.196. The van der Waals surface area contributed by atoms with E-state index in [4.69, 9.17) is 4.74 Å². The average Bonchev–Trinajstić information content (AvgIpc) is 2.61. The monoisotopic (exact) mass is 381 g/mol. The number of nitrogens with zero attached hydrogens (tertiary/aromatic N) is 1. The summed E-state index contributed by atoms with van der Waals surface area (Å²) >= 11 is 0. The fourth-order valence-corrected chi connectivity index (χ4v) is 3.22. The molecule has 26 heavy (non-hydrogen) atoms. The van der Waals surface area contributed by atoms with E-state index in [2.05, 4.69) is 10.6 Å². The molecule has 142 valence electrons. The molecule has 0 heterocycles. The molecule has 0 aromatic heterocycles. The molecule has 2 N–H and O–H groups in total. The maximum Gasteiger partial charge on any atom is 0.242 e. The topological polar surface area (TPSA) is 70.7 Å². The van der Waals surface area contributed by atoms with Gasteiger partial charge in [0, 0.05) is 27.2 Å². The fraction of sp³-hybridized carbons (Fsp3) is 0.333. The van der Waals surface area contributed by atoms with E-state index >= 15 is 0 Å². The zero-order chi connectivity index (χ0) is 19.2. The van der Waals surface area contributed by atoms with Crippen LogP contribution in [-0.4, -0.2) is 46.5 Å². The Bertz CT molecular complexity index is 841. The molecule has 0 fully saturated rings. The largest absolute Gasteiger partial charge is 0.489 e. The Morgan fingerprint density at radius 1 is 1.08 bits per heavy atom. The third kappa shape index (κ3) is 4.86. The Morgan fingerprint density at radius 2 is 1.81 bits per heavy atom. The van der Waals surface area contributed by atoms with Crippen LogP contribution in [-0.2, 0) is 10.0 Å². The van der Waals surface area contributed by atoms with E-state index in [1.54, 1.807) is 36.4 Å². The number of hydrogen-bond donors (Lipinski definition) is 2. The molecule has 0 aliphatic carbocycles. The molecule has 0 saturated carbocycles. The first kappa shape index (κ1) is 20.0. The highest BCUT2D eigenvalue weighted by Crippen LogP contribution is 2.26. The van der Waals surface area contributed by atoms with Gasteiger partial charge in [-0.2, -0.15) is 0 Å². The van der Waals surface area contributed by atoms with Crippen molar-refractivity contribution < 1.29 is 17.5 Å². The number of halogens is 1. The van der Waals surface area contributed by atoms with Crippen molar-refractivity contribution >= 4 is 21.4 Å². The summed E-state index contributed by atoms with van der Waals surface area (Å²) in [5.41, 5.74) is 1.43. The predicted octanol–water partition coefficient (Wildman–Crippen LogP) is 3.00. The van der Waals surface area contributed by atoms with Gasteiger partial charge in [-0.1, -0.05) is 12.1 Å². The maximum absolute atomic E-state index is 13.5. The van der Waals surface area contributed by atoms with Gasteiger partial charge in [-0.25, -0.2) is 17.1 Å². The minimum Gasteiger partial charge on any atom is -0.489 e. The van der Waals surface area contributed by atoms with Crippen LogP contribution >= 0.6 is 0 Å². The quantitative estimate of drug-likeness (QED) is 0.654. The molecule has 2 rings (SSSR count). The van der Waals surface area contributed by atoms with Crippen molar-refractivity contribution in [2.45, 2.75) is 11.8 Å². The van der Waals surface area contributed by atoms with Crippen molar-refractivity contribution in [3.63, 3.8) is 0 Å². The summed E-state index contributed by atoms with van der Waals surface area (Å²) in [7, 11) is -0.548. The van der Waals surface area contributed by atoms with E-state index in [1.807, 2.05) is 6.92 Å². The highest BCUT2D eigenvalue weighted by atomic mass is 32.2. The van der Waals surface area contributed by atoms with Gasteiger partial charge in [-0.15, -0.1) is 0 Å². The molecule has 0 radical (unpaired) electrons. The highest BCUT2D eigenvalue weighted by Gasteiger charge is 2.18. The van der Waals surface area contributed by atoms with Crippen molar-refractivity contribution in [1.82, 2.24) is 4.31 Å². The van der Waals surface area contributed by atoms with Gasteiger partial charge in [0.15, 0.2) is 11.6 Å². The zero-order valence-electron chi connectivity index (χ0n) is 15.1. The number of para-hydroxylation sites is 1. The summed E-state index contributed by atoms with van der Waals surface area (Å²) in [6, 6.07) is 11.1. The summed E-state index contributed by atoms with van der Waals surface area (Å²) in [5, 5.41) is 6.33. The van der Waals surface area contributed by atoms with Gasteiger partial charge in [0.05, 0.1) is 16.3 Å². The molecular formula is C18H24FN3O3S. The predicted molar refractivity (Wildman–Crippen MR) is 102 cm³/mol. The van der Waals surface area contributed by atoms with Crippen LogP contribution in [0.5, 0.6) is 5.75 Å². The van der Waals surface area contributed by atoms with Crippen LogP contribution < -0.4 is 15.4 Å². The second-order valence-corrected chi connectivity index (χ2v) is 7.88. The van der Waals surface area contributed by atoms with Crippen LogP contribution in [0.4, 0.5) is 15.8 Å². The zero-order valence-corrected chi connectivity index (χ0v) is 15.9. The third-order valence-electron chi connectivity index (χ3n) is 3.65. The Kier molecular flexibility index (Phi) is 6.82. The molecule has 8 heteroatoms. The normalized spacial score (nSPS) is 11.4. The highest BCUT2D eigenvalue weighted by molar-refractivity contribution is 7.89. The number of rotatable bonds is 9. The summed E-state index contributed by atoms with van der Waals surface area (Å²) < 4.78 is 44.7. The summed E-state index contributed by atoms with van der Waals surface area (Å²) in [6.45, 7) is 3.27. The van der Waals surface area contributed by atoms with Crippen LogP contribution in [0.3, 0.4) is 0 Å². The van der Waals surface area contributed by atoms with Crippen LogP contribution in [0.25, 0.3) is 0 Å². The minimum absolute atomic E-state index is 0.185. The Labute approximate surface area is 154 Å². The number of nitrogens with one attached hydrogen (secondary N) is 2. The van der Waals surface area contributed by atoms with E-state index in [0.29, 0.717) is 18.8 Å². The number of hydrogen-bond acceptors (Lipinski definition) is 5. The van der Waals surface area contributed by atoms with E-state index in [0.717, 1.165) is 5.69 Å². The molecule has 0 saturated heterocycles. The standard InChI is InChI=1S/C18H24FN3O3S/c1-4-20-16-10-9-14(26(23,24)22(2)3)13-17(16)21-11-12-25-18-8-6-5-7-15(18)19/h5-10,13,20-21H,4,11-12H2,1-3H3. The number of ether oxygens (including phenoxy) is 1. The van der Waals surface area contributed by atoms with Crippen LogP contribution in [0, 0.1) is 5.82 Å². The SMILES string of the molecule is CCNc1ccc(S(=O)(=O)N(C)C)cc1NCCOc1ccccc1F. The molecule has 0 bridgehead atoms. The summed E-state index contributed by atoms with van der Waals surface area (Å²) in [5.74, 6) is -0.231. The fourth-order valence-electron chi connectivity index (χ4n) is 2.29. The summed E-state index contributed by atoms with van der Waals surface area (Å²) in [6.07, 6.45) is 0.